The summed E-state index contributed by atoms with van der Waals surface area (Å²) in [6, 6.07) is 9.32. The van der Waals surface area contributed by atoms with Crippen LogP contribution in [0.15, 0.2) is 36.4 Å². The average Bonchev–Trinajstić information content (AvgIpc) is 2.76. The molecule has 0 heterocycles. The number of unbranched alkanes of at least 4 members (excludes halogenated alkanes) is 1. The van der Waals surface area contributed by atoms with Crippen molar-refractivity contribution in [2.45, 2.75) is 97.0 Å². The SMILES string of the molecule is CCC=CC1CCC(C2CCC(c3ccc(COCCCC)cc3)CC2)CC1. The number of benzene rings is 1. The molecule has 3 rings (SSSR count). The lowest BCUT2D eigenvalue weighted by Gasteiger charge is -2.37. The summed E-state index contributed by atoms with van der Waals surface area (Å²) < 4.78 is 5.75. The lowest BCUT2D eigenvalue weighted by Crippen LogP contribution is -2.25. The average molecular weight is 383 g/mol. The molecule has 2 aliphatic carbocycles. The first-order valence-corrected chi connectivity index (χ1v) is 12.1. The van der Waals surface area contributed by atoms with E-state index in [4.69, 9.17) is 4.74 Å². The van der Waals surface area contributed by atoms with Crippen LogP contribution in [0, 0.1) is 17.8 Å². The van der Waals surface area contributed by atoms with Crippen LogP contribution in [0.5, 0.6) is 0 Å². The fourth-order valence-electron chi connectivity index (χ4n) is 5.38. The van der Waals surface area contributed by atoms with Crippen molar-refractivity contribution in [3.63, 3.8) is 0 Å². The molecule has 1 nitrogen and oxygen atoms in total. The Bertz CT molecular complexity index is 556. The molecular weight excluding hydrogens is 340 g/mol. The Morgan fingerprint density at radius 3 is 2.11 bits per heavy atom. The molecule has 1 aromatic rings. The van der Waals surface area contributed by atoms with Crippen LogP contribution in [-0.4, -0.2) is 6.61 Å². The number of hydrogen-bond acceptors (Lipinski definition) is 1. The van der Waals surface area contributed by atoms with Crippen LogP contribution in [0.1, 0.15) is 102 Å². The first-order valence-electron chi connectivity index (χ1n) is 12.1. The van der Waals surface area contributed by atoms with E-state index in [1.165, 1.54) is 76.2 Å². The van der Waals surface area contributed by atoms with E-state index in [1.807, 2.05) is 0 Å². The second-order valence-corrected chi connectivity index (χ2v) is 9.27. The number of ether oxygens (including phenoxy) is 1. The van der Waals surface area contributed by atoms with E-state index in [9.17, 15) is 0 Å². The molecule has 0 radical (unpaired) electrons. The lowest BCUT2D eigenvalue weighted by molar-refractivity contribution is 0.118. The van der Waals surface area contributed by atoms with Gasteiger partial charge < -0.3 is 4.74 Å². The summed E-state index contributed by atoms with van der Waals surface area (Å²) in [5, 5.41) is 0. The molecule has 156 valence electrons. The highest BCUT2D eigenvalue weighted by atomic mass is 16.5. The zero-order chi connectivity index (χ0) is 19.6. The molecule has 2 saturated carbocycles. The van der Waals surface area contributed by atoms with Gasteiger partial charge in [-0.15, -0.1) is 0 Å². The minimum absolute atomic E-state index is 0.767. The second-order valence-electron chi connectivity index (χ2n) is 9.27. The van der Waals surface area contributed by atoms with Gasteiger partial charge in [-0.25, -0.2) is 0 Å². The van der Waals surface area contributed by atoms with Crippen molar-refractivity contribution in [3.8, 4) is 0 Å². The quantitative estimate of drug-likeness (QED) is 0.310. The topological polar surface area (TPSA) is 9.23 Å². The monoisotopic (exact) mass is 382 g/mol. The van der Waals surface area contributed by atoms with Crippen molar-refractivity contribution >= 4 is 0 Å². The Balaban J connectivity index is 1.40. The van der Waals surface area contributed by atoms with Gasteiger partial charge in [-0.2, -0.15) is 0 Å². The minimum atomic E-state index is 0.767. The van der Waals surface area contributed by atoms with E-state index >= 15 is 0 Å². The maximum Gasteiger partial charge on any atom is 0.0716 e. The van der Waals surface area contributed by atoms with Crippen LogP contribution in [0.3, 0.4) is 0 Å². The number of hydrogen-bond donors (Lipinski definition) is 0. The van der Waals surface area contributed by atoms with Crippen molar-refractivity contribution < 1.29 is 4.74 Å². The minimum Gasteiger partial charge on any atom is -0.377 e. The summed E-state index contributed by atoms with van der Waals surface area (Å²) in [6.07, 6.45) is 19.9. The van der Waals surface area contributed by atoms with Gasteiger partial charge in [0, 0.05) is 6.61 Å². The molecule has 0 amide bonds. The van der Waals surface area contributed by atoms with Crippen LogP contribution in [0.25, 0.3) is 0 Å². The molecule has 2 fully saturated rings. The van der Waals surface area contributed by atoms with Crippen molar-refractivity contribution in [1.82, 2.24) is 0 Å². The zero-order valence-electron chi connectivity index (χ0n) is 18.4. The lowest BCUT2D eigenvalue weighted by atomic mass is 9.68. The molecule has 28 heavy (non-hydrogen) atoms. The molecule has 1 heteroatoms. The second kappa shape index (κ2) is 11.8. The first-order chi connectivity index (χ1) is 13.8. The van der Waals surface area contributed by atoms with Crippen LogP contribution in [0.4, 0.5) is 0 Å². The van der Waals surface area contributed by atoms with Crippen LogP contribution in [-0.2, 0) is 11.3 Å². The molecule has 0 aromatic heterocycles. The van der Waals surface area contributed by atoms with Crippen LogP contribution < -0.4 is 0 Å². The Morgan fingerprint density at radius 2 is 1.50 bits per heavy atom. The van der Waals surface area contributed by atoms with E-state index in [2.05, 4.69) is 50.3 Å². The van der Waals surface area contributed by atoms with Gasteiger partial charge in [0.2, 0.25) is 0 Å². The standard InChI is InChI=1S/C27H42O/c1-3-5-7-22-8-12-24(13-9-22)26-16-18-27(19-17-26)25-14-10-23(11-15-25)21-28-20-6-4-2/h5,7,10-11,14-15,22,24,26-27H,3-4,6,8-9,12-13,16-21H2,1-2H3. The Labute approximate surface area is 174 Å². The molecule has 1 aromatic carbocycles. The molecule has 0 atom stereocenters. The summed E-state index contributed by atoms with van der Waals surface area (Å²) in [5.74, 6) is 3.67. The predicted octanol–water partition coefficient (Wildman–Crippen LogP) is 8.05. The molecule has 0 unspecified atom stereocenters. The predicted molar refractivity (Wildman–Crippen MR) is 121 cm³/mol. The van der Waals surface area contributed by atoms with Crippen molar-refractivity contribution in [3.05, 3.63) is 47.5 Å². The molecule has 0 saturated heterocycles. The first kappa shape index (κ1) is 21.6. The van der Waals surface area contributed by atoms with E-state index in [0.717, 1.165) is 36.9 Å². The molecule has 0 spiro atoms. The van der Waals surface area contributed by atoms with Gasteiger partial charge in [-0.3, -0.25) is 0 Å². The molecular formula is C27H42O. The van der Waals surface area contributed by atoms with Crippen molar-refractivity contribution in [1.29, 1.82) is 0 Å². The van der Waals surface area contributed by atoms with Crippen molar-refractivity contribution in [2.75, 3.05) is 6.61 Å². The van der Waals surface area contributed by atoms with Gasteiger partial charge >= 0.3 is 0 Å². The molecule has 0 bridgehead atoms. The van der Waals surface area contributed by atoms with Gasteiger partial charge in [0.25, 0.3) is 0 Å². The Hall–Kier alpha value is -1.08. The fourth-order valence-corrected chi connectivity index (χ4v) is 5.38. The van der Waals surface area contributed by atoms with E-state index < -0.39 is 0 Å². The summed E-state index contributed by atoms with van der Waals surface area (Å²) in [4.78, 5) is 0. The third-order valence-electron chi connectivity index (χ3n) is 7.26. The summed E-state index contributed by atoms with van der Waals surface area (Å²) in [5.41, 5.74) is 2.88. The van der Waals surface area contributed by atoms with Gasteiger partial charge in [-0.1, -0.05) is 56.7 Å². The highest BCUT2D eigenvalue weighted by Gasteiger charge is 2.30. The summed E-state index contributed by atoms with van der Waals surface area (Å²) >= 11 is 0. The highest BCUT2D eigenvalue weighted by molar-refractivity contribution is 5.25. The molecule has 2 aliphatic rings. The smallest absolute Gasteiger partial charge is 0.0716 e. The van der Waals surface area contributed by atoms with E-state index in [1.54, 1.807) is 5.56 Å². The van der Waals surface area contributed by atoms with Crippen LogP contribution >= 0.6 is 0 Å². The summed E-state index contributed by atoms with van der Waals surface area (Å²) in [6.45, 7) is 6.11. The maximum absolute atomic E-state index is 5.75. The largest absolute Gasteiger partial charge is 0.377 e. The van der Waals surface area contributed by atoms with Gasteiger partial charge in [0.1, 0.15) is 0 Å². The van der Waals surface area contributed by atoms with E-state index in [-0.39, 0.29) is 0 Å². The summed E-state index contributed by atoms with van der Waals surface area (Å²) in [7, 11) is 0. The molecule has 0 N–H and O–H groups in total. The van der Waals surface area contributed by atoms with Gasteiger partial charge in [0.15, 0.2) is 0 Å². The Morgan fingerprint density at radius 1 is 0.857 bits per heavy atom. The van der Waals surface area contributed by atoms with Crippen LogP contribution in [0.2, 0.25) is 0 Å². The number of rotatable bonds is 9. The highest BCUT2D eigenvalue weighted by Crippen LogP contribution is 2.44. The van der Waals surface area contributed by atoms with Gasteiger partial charge in [-0.05, 0) is 99.0 Å². The Kier molecular flexibility index (Phi) is 9.12. The third kappa shape index (κ3) is 6.48. The molecule has 0 aliphatic heterocycles. The van der Waals surface area contributed by atoms with Gasteiger partial charge in [0.05, 0.1) is 6.61 Å². The van der Waals surface area contributed by atoms with E-state index in [0.29, 0.717) is 0 Å². The normalized spacial score (nSPS) is 28.6. The zero-order valence-corrected chi connectivity index (χ0v) is 18.4. The maximum atomic E-state index is 5.75. The van der Waals surface area contributed by atoms with Crippen molar-refractivity contribution in [2.24, 2.45) is 17.8 Å². The number of allylic oxidation sites excluding steroid dienone is 2. The fraction of sp³-hybridized carbons (Fsp3) is 0.704. The third-order valence-corrected chi connectivity index (χ3v) is 7.26.